The average molecular weight is 202 g/mol. The zero-order chi connectivity index (χ0) is 10.8. The highest BCUT2D eigenvalue weighted by atomic mass is 15.0. The minimum atomic E-state index is 0.693. The van der Waals surface area contributed by atoms with Crippen molar-refractivity contribution in [2.75, 3.05) is 6.54 Å². The highest BCUT2D eigenvalue weighted by molar-refractivity contribution is 5.84. The number of benzene rings is 1. The molecular formula is C13H18N2. The van der Waals surface area contributed by atoms with Gasteiger partial charge in [0.25, 0.3) is 0 Å². The monoisotopic (exact) mass is 202 g/mol. The minimum absolute atomic E-state index is 0.693. The Bertz CT molecular complexity index is 469. The Kier molecular flexibility index (Phi) is 2.78. The van der Waals surface area contributed by atoms with Crippen molar-refractivity contribution in [2.24, 2.45) is 5.73 Å². The molecule has 0 radical (unpaired) electrons. The molecule has 0 fully saturated rings. The molecule has 0 aliphatic rings. The third-order valence-corrected chi connectivity index (χ3v) is 2.92. The summed E-state index contributed by atoms with van der Waals surface area (Å²) in [6, 6.07) is 6.70. The topological polar surface area (TPSA) is 30.9 Å². The summed E-state index contributed by atoms with van der Waals surface area (Å²) in [7, 11) is 0. The molecule has 1 aromatic carbocycles. The quantitative estimate of drug-likeness (QED) is 0.814. The Morgan fingerprint density at radius 1 is 1.33 bits per heavy atom. The Labute approximate surface area is 90.7 Å². The molecule has 0 aliphatic heterocycles. The van der Waals surface area contributed by atoms with Gasteiger partial charge in [0.2, 0.25) is 0 Å². The van der Waals surface area contributed by atoms with E-state index in [-0.39, 0.29) is 0 Å². The van der Waals surface area contributed by atoms with Crippen LogP contribution in [-0.4, -0.2) is 11.1 Å². The second-order valence-corrected chi connectivity index (χ2v) is 4.00. The summed E-state index contributed by atoms with van der Waals surface area (Å²) < 4.78 is 2.24. The Morgan fingerprint density at radius 3 is 2.80 bits per heavy atom. The zero-order valence-corrected chi connectivity index (χ0v) is 9.46. The third-order valence-electron chi connectivity index (χ3n) is 2.92. The molecule has 80 valence electrons. The van der Waals surface area contributed by atoms with Gasteiger partial charge in [0.05, 0.1) is 0 Å². The van der Waals surface area contributed by atoms with Crippen LogP contribution < -0.4 is 5.73 Å². The lowest BCUT2D eigenvalue weighted by Crippen LogP contribution is -2.08. The molecule has 0 saturated heterocycles. The first kappa shape index (κ1) is 10.2. The van der Waals surface area contributed by atoms with Crippen LogP contribution in [0.3, 0.4) is 0 Å². The van der Waals surface area contributed by atoms with Crippen LogP contribution in [0.4, 0.5) is 0 Å². The van der Waals surface area contributed by atoms with E-state index in [4.69, 9.17) is 5.73 Å². The van der Waals surface area contributed by atoms with E-state index in [9.17, 15) is 0 Å². The van der Waals surface area contributed by atoms with Crippen LogP contribution in [0.2, 0.25) is 0 Å². The van der Waals surface area contributed by atoms with Crippen LogP contribution in [0.25, 0.3) is 10.9 Å². The summed E-state index contributed by atoms with van der Waals surface area (Å²) in [6.07, 6.45) is 3.29. The van der Waals surface area contributed by atoms with Crippen LogP contribution in [0.5, 0.6) is 0 Å². The van der Waals surface area contributed by atoms with E-state index in [2.05, 4.69) is 42.8 Å². The number of fused-ring (bicyclic) bond motifs is 1. The third kappa shape index (κ3) is 1.77. The maximum Gasteiger partial charge on any atom is 0.0483 e. The van der Waals surface area contributed by atoms with Crippen molar-refractivity contribution in [3.8, 4) is 0 Å². The van der Waals surface area contributed by atoms with Crippen LogP contribution >= 0.6 is 0 Å². The van der Waals surface area contributed by atoms with E-state index < -0.39 is 0 Å². The molecule has 0 aliphatic carbocycles. The number of hydrogen-bond acceptors (Lipinski definition) is 1. The maximum absolute atomic E-state index is 5.60. The lowest BCUT2D eigenvalue weighted by Gasteiger charge is -2.03. The van der Waals surface area contributed by atoms with E-state index in [1.165, 1.54) is 22.0 Å². The van der Waals surface area contributed by atoms with Crippen molar-refractivity contribution in [1.29, 1.82) is 0 Å². The average Bonchev–Trinajstić information content (AvgIpc) is 2.56. The molecule has 2 N–H and O–H groups in total. The fourth-order valence-electron chi connectivity index (χ4n) is 2.07. The van der Waals surface area contributed by atoms with Crippen LogP contribution in [-0.2, 0) is 13.0 Å². The van der Waals surface area contributed by atoms with Gasteiger partial charge in [-0.1, -0.05) is 13.0 Å². The summed E-state index contributed by atoms with van der Waals surface area (Å²) in [5.74, 6) is 0. The van der Waals surface area contributed by atoms with E-state index in [1.807, 2.05) is 0 Å². The molecule has 0 bridgehead atoms. The zero-order valence-electron chi connectivity index (χ0n) is 9.46. The van der Waals surface area contributed by atoms with Crippen LogP contribution in [0.15, 0.2) is 24.4 Å². The SMILES string of the molecule is CCc1ccc2c(c1)c(C)cn2CCN. The first-order valence-corrected chi connectivity index (χ1v) is 5.54. The largest absolute Gasteiger partial charge is 0.346 e. The molecule has 0 saturated carbocycles. The predicted molar refractivity (Wildman–Crippen MR) is 65.1 cm³/mol. The van der Waals surface area contributed by atoms with Gasteiger partial charge in [-0.2, -0.15) is 0 Å². The van der Waals surface area contributed by atoms with Crippen LogP contribution in [0.1, 0.15) is 18.1 Å². The van der Waals surface area contributed by atoms with E-state index in [0.717, 1.165) is 13.0 Å². The molecule has 2 nitrogen and oxygen atoms in total. The lowest BCUT2D eigenvalue weighted by molar-refractivity contribution is 0.734. The van der Waals surface area contributed by atoms with Gasteiger partial charge in [-0.3, -0.25) is 0 Å². The molecule has 2 rings (SSSR count). The molecule has 0 atom stereocenters. The molecule has 2 aromatic rings. The number of aromatic nitrogens is 1. The minimum Gasteiger partial charge on any atom is -0.346 e. The first-order valence-electron chi connectivity index (χ1n) is 5.54. The summed E-state index contributed by atoms with van der Waals surface area (Å²) in [4.78, 5) is 0. The summed E-state index contributed by atoms with van der Waals surface area (Å²) >= 11 is 0. The van der Waals surface area contributed by atoms with Crippen molar-refractivity contribution in [3.63, 3.8) is 0 Å². The highest BCUT2D eigenvalue weighted by Gasteiger charge is 2.04. The van der Waals surface area contributed by atoms with E-state index in [1.54, 1.807) is 0 Å². The lowest BCUT2D eigenvalue weighted by atomic mass is 10.1. The highest BCUT2D eigenvalue weighted by Crippen LogP contribution is 2.22. The molecule has 0 unspecified atom stereocenters. The fourth-order valence-corrected chi connectivity index (χ4v) is 2.07. The van der Waals surface area contributed by atoms with Crippen molar-refractivity contribution in [1.82, 2.24) is 4.57 Å². The molecular weight excluding hydrogens is 184 g/mol. The smallest absolute Gasteiger partial charge is 0.0483 e. The fraction of sp³-hybridized carbons (Fsp3) is 0.385. The summed E-state index contributed by atoms with van der Waals surface area (Å²) in [5, 5.41) is 1.36. The molecule has 15 heavy (non-hydrogen) atoms. The van der Waals surface area contributed by atoms with Crippen molar-refractivity contribution in [2.45, 2.75) is 26.8 Å². The predicted octanol–water partition coefficient (Wildman–Crippen LogP) is 2.47. The molecule has 1 heterocycles. The summed E-state index contributed by atoms with van der Waals surface area (Å²) in [6.45, 7) is 5.94. The Hall–Kier alpha value is -1.28. The number of aryl methyl sites for hydroxylation is 2. The van der Waals surface area contributed by atoms with Crippen molar-refractivity contribution < 1.29 is 0 Å². The maximum atomic E-state index is 5.60. The first-order chi connectivity index (χ1) is 7.26. The Balaban J connectivity index is 2.59. The molecule has 1 aromatic heterocycles. The van der Waals surface area contributed by atoms with Gasteiger partial charge in [-0.25, -0.2) is 0 Å². The van der Waals surface area contributed by atoms with Gasteiger partial charge in [0.15, 0.2) is 0 Å². The number of nitrogens with two attached hydrogens (primary N) is 1. The number of rotatable bonds is 3. The van der Waals surface area contributed by atoms with Crippen molar-refractivity contribution in [3.05, 3.63) is 35.5 Å². The van der Waals surface area contributed by atoms with E-state index >= 15 is 0 Å². The Morgan fingerprint density at radius 2 is 2.13 bits per heavy atom. The number of nitrogens with zero attached hydrogens (tertiary/aromatic N) is 1. The second-order valence-electron chi connectivity index (χ2n) is 4.00. The standard InChI is InChI=1S/C13H18N2/c1-3-11-4-5-13-12(8-11)10(2)9-15(13)7-6-14/h4-5,8-9H,3,6-7,14H2,1-2H3. The van der Waals surface area contributed by atoms with Gasteiger partial charge >= 0.3 is 0 Å². The summed E-state index contributed by atoms with van der Waals surface area (Å²) in [5.41, 5.74) is 9.64. The van der Waals surface area contributed by atoms with Gasteiger partial charge in [0.1, 0.15) is 0 Å². The van der Waals surface area contributed by atoms with E-state index in [0.29, 0.717) is 6.54 Å². The molecule has 2 heteroatoms. The molecule has 0 amide bonds. The van der Waals surface area contributed by atoms with Gasteiger partial charge in [-0.15, -0.1) is 0 Å². The second kappa shape index (κ2) is 4.07. The van der Waals surface area contributed by atoms with Crippen LogP contribution in [0, 0.1) is 6.92 Å². The van der Waals surface area contributed by atoms with Gasteiger partial charge in [0, 0.05) is 30.2 Å². The van der Waals surface area contributed by atoms with Crippen molar-refractivity contribution >= 4 is 10.9 Å². The van der Waals surface area contributed by atoms with Gasteiger partial charge < -0.3 is 10.3 Å². The van der Waals surface area contributed by atoms with Gasteiger partial charge in [-0.05, 0) is 36.6 Å². The molecule has 0 spiro atoms. The number of hydrogen-bond donors (Lipinski definition) is 1. The normalized spacial score (nSPS) is 11.1.